The van der Waals surface area contributed by atoms with Gasteiger partial charge in [0.25, 0.3) is 0 Å². The summed E-state index contributed by atoms with van der Waals surface area (Å²) in [5, 5.41) is 0. The molecule has 136 valence electrons. The smallest absolute Gasteiger partial charge is 0.238 e. The molecule has 1 saturated carbocycles. The molecule has 4 atom stereocenters. The lowest BCUT2D eigenvalue weighted by Gasteiger charge is -2.17. The Balaban J connectivity index is 1.47. The second-order valence-corrected chi connectivity index (χ2v) is 9.27. The predicted octanol–water partition coefficient (Wildman–Crippen LogP) is 2.83. The van der Waals surface area contributed by atoms with Gasteiger partial charge in [-0.05, 0) is 54.7 Å². The van der Waals surface area contributed by atoms with Crippen LogP contribution in [0.5, 0.6) is 0 Å². The van der Waals surface area contributed by atoms with Crippen LogP contribution in [-0.4, -0.2) is 20.2 Å². The van der Waals surface area contributed by atoms with Crippen molar-refractivity contribution >= 4 is 27.3 Å². The van der Waals surface area contributed by atoms with Crippen LogP contribution in [0.4, 0.5) is 5.69 Å². The average molecular weight is 379 g/mol. The molecule has 2 bridgehead atoms. The van der Waals surface area contributed by atoms with Crippen molar-refractivity contribution in [3.05, 3.63) is 66.7 Å². The third kappa shape index (κ3) is 2.26. The third-order valence-electron chi connectivity index (χ3n) is 5.93. The maximum Gasteiger partial charge on any atom is 0.238 e. The van der Waals surface area contributed by atoms with E-state index in [4.69, 9.17) is 0 Å². The zero-order valence-electron chi connectivity index (χ0n) is 14.4. The lowest BCUT2D eigenvalue weighted by molar-refractivity contribution is -0.123. The van der Waals surface area contributed by atoms with Crippen LogP contribution in [0.2, 0.25) is 0 Å². The van der Waals surface area contributed by atoms with E-state index in [1.54, 1.807) is 42.5 Å². The molecular formula is C21H17NO4S. The molecule has 5 nitrogen and oxygen atoms in total. The number of carbonyl (C=O) groups excluding carboxylic acids is 2. The second-order valence-electron chi connectivity index (χ2n) is 7.32. The molecule has 2 aliphatic carbocycles. The number of anilines is 1. The molecule has 27 heavy (non-hydrogen) atoms. The first-order valence-corrected chi connectivity index (χ1v) is 10.4. The monoisotopic (exact) mass is 379 g/mol. The Hall–Kier alpha value is -2.73. The summed E-state index contributed by atoms with van der Waals surface area (Å²) < 4.78 is 25.4. The van der Waals surface area contributed by atoms with Crippen molar-refractivity contribution in [3.63, 3.8) is 0 Å². The van der Waals surface area contributed by atoms with Crippen molar-refractivity contribution in [2.24, 2.45) is 23.7 Å². The number of sulfone groups is 1. The van der Waals surface area contributed by atoms with Crippen molar-refractivity contribution in [3.8, 4) is 0 Å². The zero-order valence-corrected chi connectivity index (χ0v) is 15.2. The van der Waals surface area contributed by atoms with Gasteiger partial charge in [-0.25, -0.2) is 8.42 Å². The first kappa shape index (κ1) is 16.4. The van der Waals surface area contributed by atoms with E-state index in [1.165, 1.54) is 17.0 Å². The van der Waals surface area contributed by atoms with Gasteiger partial charge in [-0.15, -0.1) is 0 Å². The summed E-state index contributed by atoms with van der Waals surface area (Å²) in [7, 11) is -3.63. The lowest BCUT2D eigenvalue weighted by atomic mass is 9.85. The largest absolute Gasteiger partial charge is 0.274 e. The number of hydrogen-bond donors (Lipinski definition) is 0. The molecule has 0 radical (unpaired) electrons. The molecular weight excluding hydrogens is 362 g/mol. The summed E-state index contributed by atoms with van der Waals surface area (Å²) in [6, 6.07) is 14.2. The summed E-state index contributed by atoms with van der Waals surface area (Å²) in [5.74, 6) is -0.556. The first-order chi connectivity index (χ1) is 13.0. The summed E-state index contributed by atoms with van der Waals surface area (Å²) in [5.41, 5.74) is 0.436. The van der Waals surface area contributed by atoms with Crippen LogP contribution in [0.1, 0.15) is 6.42 Å². The number of benzene rings is 2. The minimum Gasteiger partial charge on any atom is -0.274 e. The third-order valence-corrected chi connectivity index (χ3v) is 7.71. The van der Waals surface area contributed by atoms with E-state index >= 15 is 0 Å². The zero-order chi connectivity index (χ0) is 18.8. The van der Waals surface area contributed by atoms with Gasteiger partial charge in [-0.1, -0.05) is 30.4 Å². The van der Waals surface area contributed by atoms with E-state index < -0.39 is 9.84 Å². The average Bonchev–Trinajstić information content (AvgIpc) is 3.36. The number of amides is 2. The summed E-state index contributed by atoms with van der Waals surface area (Å²) in [4.78, 5) is 27.3. The van der Waals surface area contributed by atoms with Gasteiger partial charge < -0.3 is 0 Å². The highest BCUT2D eigenvalue weighted by molar-refractivity contribution is 7.91. The fourth-order valence-electron chi connectivity index (χ4n) is 4.67. The number of fused-ring (bicyclic) bond motifs is 5. The molecule has 0 unspecified atom stereocenters. The van der Waals surface area contributed by atoms with E-state index in [0.29, 0.717) is 5.69 Å². The van der Waals surface area contributed by atoms with Crippen LogP contribution >= 0.6 is 0 Å². The van der Waals surface area contributed by atoms with Crippen LogP contribution in [0.3, 0.4) is 0 Å². The minimum absolute atomic E-state index is 0.137. The fraction of sp³-hybridized carbons (Fsp3) is 0.238. The molecule has 3 aliphatic rings. The van der Waals surface area contributed by atoms with E-state index in [1.807, 2.05) is 0 Å². The molecule has 1 aliphatic heterocycles. The molecule has 1 heterocycles. The second kappa shape index (κ2) is 5.63. The number of allylic oxidation sites excluding steroid dienone is 2. The predicted molar refractivity (Wildman–Crippen MR) is 98.5 cm³/mol. The van der Waals surface area contributed by atoms with Crippen molar-refractivity contribution < 1.29 is 18.0 Å². The quantitative estimate of drug-likeness (QED) is 0.607. The SMILES string of the molecule is O=C1[C@@H]2[C@H](C(=O)N1c1ccc(S(=O)(=O)c3ccccc3)cc1)[C@@H]1C=C[C@@H]2C1. The molecule has 6 heteroatoms. The van der Waals surface area contributed by atoms with Crippen molar-refractivity contribution in [2.75, 3.05) is 4.90 Å². The van der Waals surface area contributed by atoms with Crippen molar-refractivity contribution in [1.29, 1.82) is 0 Å². The Kier molecular flexibility index (Phi) is 3.43. The van der Waals surface area contributed by atoms with Crippen LogP contribution in [0.25, 0.3) is 0 Å². The Morgan fingerprint density at radius 1 is 0.741 bits per heavy atom. The highest BCUT2D eigenvalue weighted by Crippen LogP contribution is 2.53. The van der Waals surface area contributed by atoms with Gasteiger partial charge in [0, 0.05) is 0 Å². The maximum absolute atomic E-state index is 12.8. The van der Waals surface area contributed by atoms with Gasteiger partial charge in [-0.3, -0.25) is 14.5 Å². The molecule has 5 rings (SSSR count). The van der Waals surface area contributed by atoms with E-state index in [9.17, 15) is 18.0 Å². The number of nitrogens with zero attached hydrogens (tertiary/aromatic N) is 1. The van der Waals surface area contributed by atoms with Crippen LogP contribution < -0.4 is 4.90 Å². The first-order valence-electron chi connectivity index (χ1n) is 8.95. The molecule has 0 aromatic heterocycles. The normalized spacial score (nSPS) is 28.8. The molecule has 1 saturated heterocycles. The van der Waals surface area contributed by atoms with Crippen molar-refractivity contribution in [2.45, 2.75) is 16.2 Å². The summed E-state index contributed by atoms with van der Waals surface area (Å²) >= 11 is 0. The molecule has 2 fully saturated rings. The Bertz CT molecular complexity index is 1040. The lowest BCUT2D eigenvalue weighted by Crippen LogP contribution is -2.32. The highest BCUT2D eigenvalue weighted by Gasteiger charge is 2.59. The van der Waals surface area contributed by atoms with Crippen LogP contribution in [0.15, 0.2) is 76.5 Å². The molecule has 2 aromatic rings. The Morgan fingerprint density at radius 2 is 1.26 bits per heavy atom. The van der Waals surface area contributed by atoms with Gasteiger partial charge >= 0.3 is 0 Å². The Labute approximate surface area is 157 Å². The standard InChI is InChI=1S/C21H17NO4S/c23-20-18-13-6-7-14(12-13)19(18)21(24)22(20)15-8-10-17(11-9-15)27(25,26)16-4-2-1-3-5-16/h1-11,13-14,18-19H,12H2/t13-,14-,18-,19+/m1/s1. The van der Waals surface area contributed by atoms with Gasteiger partial charge in [0.2, 0.25) is 21.7 Å². The van der Waals surface area contributed by atoms with Crippen LogP contribution in [-0.2, 0) is 19.4 Å². The number of carbonyl (C=O) groups is 2. The van der Waals surface area contributed by atoms with E-state index in [-0.39, 0.29) is 45.3 Å². The fourth-order valence-corrected chi connectivity index (χ4v) is 5.95. The minimum atomic E-state index is -3.63. The molecule has 0 N–H and O–H groups in total. The highest BCUT2D eigenvalue weighted by atomic mass is 32.2. The topological polar surface area (TPSA) is 71.5 Å². The van der Waals surface area contributed by atoms with Gasteiger partial charge in [0.1, 0.15) is 0 Å². The summed E-state index contributed by atoms with van der Waals surface area (Å²) in [6.07, 6.45) is 4.99. The van der Waals surface area contributed by atoms with E-state index in [2.05, 4.69) is 12.2 Å². The Morgan fingerprint density at radius 3 is 1.81 bits per heavy atom. The number of hydrogen-bond acceptors (Lipinski definition) is 4. The molecule has 2 aromatic carbocycles. The van der Waals surface area contributed by atoms with E-state index in [0.717, 1.165) is 6.42 Å². The molecule has 0 spiro atoms. The summed E-state index contributed by atoms with van der Waals surface area (Å²) in [6.45, 7) is 0. The molecule has 2 amide bonds. The van der Waals surface area contributed by atoms with Gasteiger partial charge in [-0.2, -0.15) is 0 Å². The number of imide groups is 1. The maximum atomic E-state index is 12.8. The van der Waals surface area contributed by atoms with Crippen molar-refractivity contribution in [1.82, 2.24) is 0 Å². The van der Waals surface area contributed by atoms with Crippen LogP contribution in [0, 0.1) is 23.7 Å². The van der Waals surface area contributed by atoms with Gasteiger partial charge in [0.15, 0.2) is 0 Å². The van der Waals surface area contributed by atoms with Gasteiger partial charge in [0.05, 0.1) is 27.3 Å². The number of rotatable bonds is 3.